The van der Waals surface area contributed by atoms with Crippen molar-refractivity contribution < 1.29 is 14.3 Å². The second-order valence-corrected chi connectivity index (χ2v) is 5.45. The molecule has 1 amide bonds. The maximum atomic E-state index is 12.0. The molecule has 0 bridgehead atoms. The molecule has 0 saturated heterocycles. The number of amides is 1. The number of anilines is 1. The SMILES string of the molecule is COCCCOc1cccc(NC(=O)[C@@H](N)CC(C)C)c1. The summed E-state index contributed by atoms with van der Waals surface area (Å²) in [4.78, 5) is 12.0. The molecule has 118 valence electrons. The Kier molecular flexibility index (Phi) is 7.79. The van der Waals surface area contributed by atoms with Crippen LogP contribution < -0.4 is 15.8 Å². The molecule has 0 aliphatic carbocycles. The van der Waals surface area contributed by atoms with Crippen LogP contribution >= 0.6 is 0 Å². The van der Waals surface area contributed by atoms with Crippen molar-refractivity contribution in [3.8, 4) is 5.75 Å². The van der Waals surface area contributed by atoms with Crippen LogP contribution in [-0.2, 0) is 9.53 Å². The number of hydrogen-bond donors (Lipinski definition) is 2. The van der Waals surface area contributed by atoms with E-state index < -0.39 is 6.04 Å². The molecule has 1 rings (SSSR count). The van der Waals surface area contributed by atoms with Gasteiger partial charge in [-0.3, -0.25) is 4.79 Å². The van der Waals surface area contributed by atoms with E-state index in [9.17, 15) is 4.79 Å². The van der Waals surface area contributed by atoms with E-state index in [1.807, 2.05) is 32.0 Å². The summed E-state index contributed by atoms with van der Waals surface area (Å²) in [6.45, 7) is 5.34. The molecule has 1 atom stereocenters. The van der Waals surface area contributed by atoms with Crippen molar-refractivity contribution in [2.45, 2.75) is 32.7 Å². The van der Waals surface area contributed by atoms with E-state index >= 15 is 0 Å². The fourth-order valence-electron chi connectivity index (χ4n) is 1.91. The average molecular weight is 294 g/mol. The predicted octanol–water partition coefficient (Wildman–Crippen LogP) is 2.41. The number of nitrogens with two attached hydrogens (primary N) is 1. The van der Waals surface area contributed by atoms with Crippen molar-refractivity contribution in [2.75, 3.05) is 25.6 Å². The van der Waals surface area contributed by atoms with E-state index in [2.05, 4.69) is 5.32 Å². The highest BCUT2D eigenvalue weighted by atomic mass is 16.5. The minimum atomic E-state index is -0.490. The Hall–Kier alpha value is -1.59. The van der Waals surface area contributed by atoms with Gasteiger partial charge in [-0.2, -0.15) is 0 Å². The molecule has 0 aliphatic heterocycles. The van der Waals surface area contributed by atoms with E-state index in [0.717, 1.165) is 12.2 Å². The quantitative estimate of drug-likeness (QED) is 0.686. The van der Waals surface area contributed by atoms with Gasteiger partial charge in [-0.05, 0) is 24.5 Å². The van der Waals surface area contributed by atoms with E-state index in [1.54, 1.807) is 13.2 Å². The zero-order valence-electron chi connectivity index (χ0n) is 13.1. The van der Waals surface area contributed by atoms with Gasteiger partial charge in [0.25, 0.3) is 0 Å². The summed E-state index contributed by atoms with van der Waals surface area (Å²) in [7, 11) is 1.66. The van der Waals surface area contributed by atoms with Crippen molar-refractivity contribution in [3.63, 3.8) is 0 Å². The highest BCUT2D eigenvalue weighted by molar-refractivity contribution is 5.94. The smallest absolute Gasteiger partial charge is 0.241 e. The van der Waals surface area contributed by atoms with Crippen LogP contribution in [0.2, 0.25) is 0 Å². The van der Waals surface area contributed by atoms with Gasteiger partial charge in [0, 0.05) is 31.9 Å². The van der Waals surface area contributed by atoms with Crippen molar-refractivity contribution in [2.24, 2.45) is 11.7 Å². The summed E-state index contributed by atoms with van der Waals surface area (Å²) in [5.41, 5.74) is 6.56. The summed E-state index contributed by atoms with van der Waals surface area (Å²) in [5.74, 6) is 0.947. The maximum absolute atomic E-state index is 12.0. The lowest BCUT2D eigenvalue weighted by atomic mass is 10.0. The lowest BCUT2D eigenvalue weighted by molar-refractivity contribution is -0.117. The van der Waals surface area contributed by atoms with Crippen LogP contribution in [0.15, 0.2) is 24.3 Å². The van der Waals surface area contributed by atoms with E-state index in [4.69, 9.17) is 15.2 Å². The molecule has 1 aromatic carbocycles. The highest BCUT2D eigenvalue weighted by Gasteiger charge is 2.15. The number of nitrogens with one attached hydrogen (secondary N) is 1. The van der Waals surface area contributed by atoms with E-state index in [1.165, 1.54) is 0 Å². The van der Waals surface area contributed by atoms with Gasteiger partial charge in [-0.1, -0.05) is 19.9 Å². The third kappa shape index (κ3) is 7.11. The van der Waals surface area contributed by atoms with Crippen LogP contribution in [0.1, 0.15) is 26.7 Å². The molecule has 0 heterocycles. The first kappa shape index (κ1) is 17.5. The molecule has 1 aromatic rings. The van der Waals surface area contributed by atoms with Crippen LogP contribution in [0.5, 0.6) is 5.75 Å². The number of ether oxygens (including phenoxy) is 2. The van der Waals surface area contributed by atoms with Gasteiger partial charge in [0.15, 0.2) is 0 Å². The third-order valence-electron chi connectivity index (χ3n) is 2.93. The molecule has 5 nitrogen and oxygen atoms in total. The number of hydrogen-bond acceptors (Lipinski definition) is 4. The van der Waals surface area contributed by atoms with Crippen LogP contribution in [0.3, 0.4) is 0 Å². The molecule has 5 heteroatoms. The fraction of sp³-hybridized carbons (Fsp3) is 0.562. The summed E-state index contributed by atoms with van der Waals surface area (Å²) in [5, 5.41) is 2.82. The molecule has 3 N–H and O–H groups in total. The number of methoxy groups -OCH3 is 1. The molecular weight excluding hydrogens is 268 g/mol. The molecule has 0 unspecified atom stereocenters. The highest BCUT2D eigenvalue weighted by Crippen LogP contribution is 2.18. The topological polar surface area (TPSA) is 73.6 Å². The van der Waals surface area contributed by atoms with Gasteiger partial charge >= 0.3 is 0 Å². The number of carbonyl (C=O) groups excluding carboxylic acids is 1. The average Bonchev–Trinajstić information content (AvgIpc) is 2.43. The minimum absolute atomic E-state index is 0.166. The number of benzene rings is 1. The van der Waals surface area contributed by atoms with Crippen LogP contribution in [0.4, 0.5) is 5.69 Å². The molecule has 0 fully saturated rings. The molecule has 0 aliphatic rings. The molecule has 0 aromatic heterocycles. The van der Waals surface area contributed by atoms with Gasteiger partial charge < -0.3 is 20.5 Å². The van der Waals surface area contributed by atoms with Crippen molar-refractivity contribution >= 4 is 11.6 Å². The summed E-state index contributed by atoms with van der Waals surface area (Å²) >= 11 is 0. The first-order valence-corrected chi connectivity index (χ1v) is 7.31. The van der Waals surface area contributed by atoms with Crippen molar-refractivity contribution in [3.05, 3.63) is 24.3 Å². The molecule has 21 heavy (non-hydrogen) atoms. The van der Waals surface area contributed by atoms with Gasteiger partial charge in [-0.25, -0.2) is 0 Å². The van der Waals surface area contributed by atoms with Crippen molar-refractivity contribution in [1.29, 1.82) is 0 Å². The summed E-state index contributed by atoms with van der Waals surface area (Å²) in [6, 6.07) is 6.83. The Balaban J connectivity index is 2.50. The second kappa shape index (κ2) is 9.37. The van der Waals surface area contributed by atoms with Gasteiger partial charge in [0.2, 0.25) is 5.91 Å². The monoisotopic (exact) mass is 294 g/mol. The van der Waals surface area contributed by atoms with E-state index in [-0.39, 0.29) is 5.91 Å². The Bertz CT molecular complexity index is 435. The van der Waals surface area contributed by atoms with Crippen molar-refractivity contribution in [1.82, 2.24) is 0 Å². The van der Waals surface area contributed by atoms with Gasteiger partial charge in [-0.15, -0.1) is 0 Å². The normalized spacial score (nSPS) is 12.2. The third-order valence-corrected chi connectivity index (χ3v) is 2.93. The predicted molar refractivity (Wildman–Crippen MR) is 84.5 cm³/mol. The summed E-state index contributed by atoms with van der Waals surface area (Å²) in [6.07, 6.45) is 1.49. The maximum Gasteiger partial charge on any atom is 0.241 e. The largest absolute Gasteiger partial charge is 0.493 e. The molecular formula is C16H26N2O3. The lowest BCUT2D eigenvalue weighted by Crippen LogP contribution is -2.36. The molecule has 0 spiro atoms. The van der Waals surface area contributed by atoms with Crippen LogP contribution in [0, 0.1) is 5.92 Å². The zero-order chi connectivity index (χ0) is 15.7. The van der Waals surface area contributed by atoms with Gasteiger partial charge in [0.1, 0.15) is 5.75 Å². The fourth-order valence-corrected chi connectivity index (χ4v) is 1.91. The van der Waals surface area contributed by atoms with E-state index in [0.29, 0.717) is 31.2 Å². The Labute approximate surface area is 126 Å². The standard InChI is InChI=1S/C16H26N2O3/c1-12(2)10-15(17)16(19)18-13-6-4-7-14(11-13)21-9-5-8-20-3/h4,6-7,11-12,15H,5,8-10,17H2,1-3H3,(H,18,19)/t15-/m0/s1. The Morgan fingerprint density at radius 2 is 2.10 bits per heavy atom. The Morgan fingerprint density at radius 3 is 2.76 bits per heavy atom. The Morgan fingerprint density at radius 1 is 1.33 bits per heavy atom. The number of rotatable bonds is 9. The minimum Gasteiger partial charge on any atom is -0.493 e. The summed E-state index contributed by atoms with van der Waals surface area (Å²) < 4.78 is 10.6. The zero-order valence-corrected chi connectivity index (χ0v) is 13.1. The number of carbonyl (C=O) groups is 1. The first-order valence-electron chi connectivity index (χ1n) is 7.31. The second-order valence-electron chi connectivity index (χ2n) is 5.45. The first-order chi connectivity index (χ1) is 10.0. The lowest BCUT2D eigenvalue weighted by Gasteiger charge is -2.14. The molecule has 0 radical (unpaired) electrons. The van der Waals surface area contributed by atoms with Crippen LogP contribution in [0.25, 0.3) is 0 Å². The van der Waals surface area contributed by atoms with Gasteiger partial charge in [0.05, 0.1) is 12.6 Å². The molecule has 0 saturated carbocycles. The van der Waals surface area contributed by atoms with Crippen LogP contribution in [-0.4, -0.2) is 32.3 Å².